The molecule has 1 heterocycles. The maximum absolute atomic E-state index is 11.3. The normalized spacial score (nSPS) is 9.80. The minimum Gasteiger partial charge on any atom is -0.453 e. The van der Waals surface area contributed by atoms with Crippen LogP contribution in [0.25, 0.3) is 0 Å². The van der Waals surface area contributed by atoms with Crippen molar-refractivity contribution in [2.45, 2.75) is 20.4 Å². The lowest BCUT2D eigenvalue weighted by atomic mass is 10.3. The Morgan fingerprint density at radius 2 is 2.27 bits per heavy atom. The highest BCUT2D eigenvalue weighted by Crippen LogP contribution is 2.04. The van der Waals surface area contributed by atoms with E-state index < -0.39 is 0 Å². The molecule has 0 spiro atoms. The number of nitrogens with zero attached hydrogens (tertiary/aromatic N) is 2. The highest BCUT2D eigenvalue weighted by molar-refractivity contribution is 5.67. The van der Waals surface area contributed by atoms with Gasteiger partial charge in [0.2, 0.25) is 0 Å². The molecule has 0 bridgehead atoms. The molecule has 0 fully saturated rings. The summed E-state index contributed by atoms with van der Waals surface area (Å²) < 4.78 is 4.66. The minimum absolute atomic E-state index is 0.319. The fourth-order valence-corrected chi connectivity index (χ4v) is 1.32. The Morgan fingerprint density at radius 1 is 1.53 bits per heavy atom. The topological polar surface area (TPSA) is 42.4 Å². The van der Waals surface area contributed by atoms with Gasteiger partial charge in [0.05, 0.1) is 19.3 Å². The van der Waals surface area contributed by atoms with Crippen molar-refractivity contribution >= 4 is 6.09 Å². The summed E-state index contributed by atoms with van der Waals surface area (Å²) >= 11 is 0. The number of hydrogen-bond donors (Lipinski definition) is 0. The lowest BCUT2D eigenvalue weighted by molar-refractivity contribution is 0.122. The summed E-state index contributed by atoms with van der Waals surface area (Å²) in [6, 6.07) is 5.76. The molecular weight excluding hydrogens is 192 g/mol. The summed E-state index contributed by atoms with van der Waals surface area (Å²) in [5.74, 6) is 0. The Bertz CT molecular complexity index is 339. The van der Waals surface area contributed by atoms with Gasteiger partial charge in [-0.15, -0.1) is 0 Å². The second-order valence-electron chi connectivity index (χ2n) is 3.25. The van der Waals surface area contributed by atoms with Crippen LogP contribution in [0.15, 0.2) is 18.2 Å². The summed E-state index contributed by atoms with van der Waals surface area (Å²) in [5, 5.41) is 0. The number of carbonyl (C=O) groups is 1. The van der Waals surface area contributed by atoms with Crippen molar-refractivity contribution in [2.75, 3.05) is 13.7 Å². The zero-order chi connectivity index (χ0) is 11.3. The van der Waals surface area contributed by atoms with Crippen LogP contribution in [0.2, 0.25) is 0 Å². The standard InChI is InChI=1S/C11H16N2O2/c1-4-13(11(14)15-3)8-10-7-5-6-9(2)12-10/h5-7H,4,8H2,1-3H3. The van der Waals surface area contributed by atoms with Crippen LogP contribution in [0, 0.1) is 6.92 Å². The van der Waals surface area contributed by atoms with E-state index in [0.29, 0.717) is 13.1 Å². The molecule has 1 amide bonds. The largest absolute Gasteiger partial charge is 0.453 e. The molecule has 1 aromatic rings. The van der Waals surface area contributed by atoms with Crippen LogP contribution in [-0.4, -0.2) is 29.6 Å². The Hall–Kier alpha value is -1.58. The van der Waals surface area contributed by atoms with E-state index >= 15 is 0 Å². The molecule has 0 aliphatic carbocycles. The quantitative estimate of drug-likeness (QED) is 0.762. The third-order valence-electron chi connectivity index (χ3n) is 2.11. The van der Waals surface area contributed by atoms with Gasteiger partial charge in [-0.2, -0.15) is 0 Å². The van der Waals surface area contributed by atoms with E-state index in [-0.39, 0.29) is 6.09 Å². The molecule has 82 valence electrons. The van der Waals surface area contributed by atoms with Crippen molar-refractivity contribution in [1.29, 1.82) is 0 Å². The molecule has 0 atom stereocenters. The Labute approximate surface area is 89.9 Å². The number of ether oxygens (including phenoxy) is 1. The minimum atomic E-state index is -0.319. The number of rotatable bonds is 3. The van der Waals surface area contributed by atoms with E-state index in [1.54, 1.807) is 4.90 Å². The fraction of sp³-hybridized carbons (Fsp3) is 0.455. The lowest BCUT2D eigenvalue weighted by Crippen LogP contribution is -2.30. The van der Waals surface area contributed by atoms with E-state index in [1.807, 2.05) is 32.0 Å². The molecular formula is C11H16N2O2. The third kappa shape index (κ3) is 3.23. The van der Waals surface area contributed by atoms with Gasteiger partial charge in [-0.3, -0.25) is 4.98 Å². The second-order valence-corrected chi connectivity index (χ2v) is 3.25. The van der Waals surface area contributed by atoms with Gasteiger partial charge in [0, 0.05) is 12.2 Å². The van der Waals surface area contributed by atoms with Gasteiger partial charge in [0.25, 0.3) is 0 Å². The summed E-state index contributed by atoms with van der Waals surface area (Å²) in [6.07, 6.45) is -0.319. The highest BCUT2D eigenvalue weighted by Gasteiger charge is 2.12. The Kier molecular flexibility index (Phi) is 4.09. The predicted octanol–water partition coefficient (Wildman–Crippen LogP) is 1.98. The van der Waals surface area contributed by atoms with Crippen LogP contribution in [0.3, 0.4) is 0 Å². The van der Waals surface area contributed by atoms with Crippen molar-refractivity contribution in [1.82, 2.24) is 9.88 Å². The molecule has 1 aromatic heterocycles. The lowest BCUT2D eigenvalue weighted by Gasteiger charge is -2.18. The maximum atomic E-state index is 11.3. The number of aryl methyl sites for hydroxylation is 1. The van der Waals surface area contributed by atoms with Gasteiger partial charge in [-0.25, -0.2) is 4.79 Å². The molecule has 0 aliphatic heterocycles. The van der Waals surface area contributed by atoms with Gasteiger partial charge in [0.1, 0.15) is 0 Å². The van der Waals surface area contributed by atoms with Crippen molar-refractivity contribution in [3.63, 3.8) is 0 Å². The molecule has 15 heavy (non-hydrogen) atoms. The second kappa shape index (κ2) is 5.34. The van der Waals surface area contributed by atoms with E-state index in [4.69, 9.17) is 0 Å². The van der Waals surface area contributed by atoms with E-state index in [0.717, 1.165) is 11.4 Å². The number of hydrogen-bond acceptors (Lipinski definition) is 3. The van der Waals surface area contributed by atoms with Crippen molar-refractivity contribution in [3.8, 4) is 0 Å². The summed E-state index contributed by atoms with van der Waals surface area (Å²) in [5.41, 5.74) is 1.83. The molecule has 0 saturated heterocycles. The van der Waals surface area contributed by atoms with Crippen molar-refractivity contribution in [2.24, 2.45) is 0 Å². The maximum Gasteiger partial charge on any atom is 0.409 e. The number of methoxy groups -OCH3 is 1. The van der Waals surface area contributed by atoms with Crippen LogP contribution < -0.4 is 0 Å². The van der Waals surface area contributed by atoms with E-state index in [9.17, 15) is 4.79 Å². The average Bonchev–Trinajstić information content (AvgIpc) is 2.25. The number of amides is 1. The summed E-state index contributed by atoms with van der Waals surface area (Å²) in [6.45, 7) is 4.94. The summed E-state index contributed by atoms with van der Waals surface area (Å²) in [7, 11) is 1.38. The molecule has 0 aliphatic rings. The van der Waals surface area contributed by atoms with E-state index in [1.165, 1.54) is 7.11 Å². The zero-order valence-electron chi connectivity index (χ0n) is 9.36. The monoisotopic (exact) mass is 208 g/mol. The van der Waals surface area contributed by atoms with Crippen molar-refractivity contribution in [3.05, 3.63) is 29.6 Å². The molecule has 0 radical (unpaired) electrons. The third-order valence-corrected chi connectivity index (χ3v) is 2.11. The van der Waals surface area contributed by atoms with Gasteiger partial charge >= 0.3 is 6.09 Å². The molecule has 4 heteroatoms. The molecule has 0 unspecified atom stereocenters. The predicted molar refractivity (Wildman–Crippen MR) is 57.5 cm³/mol. The molecule has 0 aromatic carbocycles. The first-order valence-electron chi connectivity index (χ1n) is 4.92. The molecule has 0 N–H and O–H groups in total. The number of aromatic nitrogens is 1. The fourth-order valence-electron chi connectivity index (χ4n) is 1.32. The first kappa shape index (κ1) is 11.5. The number of pyridine rings is 1. The highest BCUT2D eigenvalue weighted by atomic mass is 16.5. The van der Waals surface area contributed by atoms with Gasteiger partial charge in [0.15, 0.2) is 0 Å². The molecule has 4 nitrogen and oxygen atoms in total. The smallest absolute Gasteiger partial charge is 0.409 e. The van der Waals surface area contributed by atoms with Crippen LogP contribution in [0.1, 0.15) is 18.3 Å². The van der Waals surface area contributed by atoms with Gasteiger partial charge in [-0.1, -0.05) is 6.07 Å². The molecule has 0 saturated carbocycles. The van der Waals surface area contributed by atoms with Gasteiger partial charge in [-0.05, 0) is 26.0 Å². The van der Waals surface area contributed by atoms with Crippen LogP contribution in [-0.2, 0) is 11.3 Å². The van der Waals surface area contributed by atoms with Crippen LogP contribution in [0.4, 0.5) is 4.79 Å². The Morgan fingerprint density at radius 3 is 2.80 bits per heavy atom. The SMILES string of the molecule is CCN(Cc1cccc(C)n1)C(=O)OC. The van der Waals surface area contributed by atoms with Gasteiger partial charge < -0.3 is 9.64 Å². The molecule has 1 rings (SSSR count). The summed E-state index contributed by atoms with van der Waals surface area (Å²) in [4.78, 5) is 17.2. The van der Waals surface area contributed by atoms with Crippen molar-refractivity contribution < 1.29 is 9.53 Å². The first-order valence-corrected chi connectivity index (χ1v) is 4.92. The Balaban J connectivity index is 2.70. The van der Waals surface area contributed by atoms with E-state index in [2.05, 4.69) is 9.72 Å². The first-order chi connectivity index (χ1) is 7.17. The zero-order valence-corrected chi connectivity index (χ0v) is 9.36. The van der Waals surface area contributed by atoms with Crippen LogP contribution in [0.5, 0.6) is 0 Å². The van der Waals surface area contributed by atoms with Crippen LogP contribution >= 0.6 is 0 Å². The average molecular weight is 208 g/mol. The number of carbonyl (C=O) groups excluding carboxylic acids is 1.